The molecule has 22 heavy (non-hydrogen) atoms. The third kappa shape index (κ3) is 6.62. The van der Waals surface area contributed by atoms with Gasteiger partial charge in [0.25, 0.3) is 5.91 Å². The van der Waals surface area contributed by atoms with Crippen molar-refractivity contribution in [2.24, 2.45) is 0 Å². The van der Waals surface area contributed by atoms with Crippen LogP contribution in [0.2, 0.25) is 0 Å². The normalized spacial score (nSPS) is 20.1. The minimum atomic E-state index is -0.671. The zero-order valence-corrected chi connectivity index (χ0v) is 14.3. The van der Waals surface area contributed by atoms with Crippen molar-refractivity contribution in [3.63, 3.8) is 0 Å². The summed E-state index contributed by atoms with van der Waals surface area (Å²) in [6, 6.07) is -0.460. The van der Waals surface area contributed by atoms with Crippen molar-refractivity contribution in [1.82, 2.24) is 15.7 Å². The number of alkyl carbamates (subject to hydrolysis) is 1. The molecule has 1 fully saturated rings. The monoisotopic (exact) mass is 315 g/mol. The molecule has 0 aromatic rings. The van der Waals surface area contributed by atoms with Crippen LogP contribution in [0.25, 0.3) is 0 Å². The Morgan fingerprint density at radius 2 is 2.05 bits per heavy atom. The molecule has 0 spiro atoms. The van der Waals surface area contributed by atoms with E-state index in [0.717, 1.165) is 30.9 Å². The summed E-state index contributed by atoms with van der Waals surface area (Å²) in [5.41, 5.74) is -0.603. The Balaban J connectivity index is 2.68. The Morgan fingerprint density at radius 1 is 1.36 bits per heavy atom. The molecule has 2 atom stereocenters. The van der Waals surface area contributed by atoms with E-state index in [9.17, 15) is 9.59 Å². The second-order valence-corrected chi connectivity index (χ2v) is 6.60. The van der Waals surface area contributed by atoms with Gasteiger partial charge in [0.15, 0.2) is 0 Å². The molecule has 0 bridgehead atoms. The Kier molecular flexibility index (Phi) is 7.09. The van der Waals surface area contributed by atoms with Gasteiger partial charge < -0.3 is 15.4 Å². The molecule has 0 aromatic carbocycles. The number of hydroxylamine groups is 2. The third-order valence-corrected chi connectivity index (χ3v) is 3.51. The van der Waals surface area contributed by atoms with Crippen molar-refractivity contribution >= 4 is 12.0 Å². The molecule has 1 rings (SSSR count). The predicted octanol–water partition coefficient (Wildman–Crippen LogP) is 1.43. The van der Waals surface area contributed by atoms with Crippen molar-refractivity contribution in [2.75, 3.05) is 20.7 Å². The van der Waals surface area contributed by atoms with Crippen LogP contribution < -0.4 is 10.6 Å². The van der Waals surface area contributed by atoms with Gasteiger partial charge in [0.1, 0.15) is 11.6 Å². The van der Waals surface area contributed by atoms with Gasteiger partial charge in [-0.2, -0.15) is 0 Å². The summed E-state index contributed by atoms with van der Waals surface area (Å²) in [6.07, 6.45) is 3.20. The summed E-state index contributed by atoms with van der Waals surface area (Å²) in [5.74, 6) is -0.291. The number of ether oxygens (including phenoxy) is 1. The Hall–Kier alpha value is -1.34. The van der Waals surface area contributed by atoms with Crippen LogP contribution in [0, 0.1) is 0 Å². The lowest BCUT2D eigenvalue weighted by Gasteiger charge is -2.30. The highest BCUT2D eigenvalue weighted by atomic mass is 16.7. The molecule has 7 nitrogen and oxygen atoms in total. The van der Waals surface area contributed by atoms with Crippen molar-refractivity contribution in [3.05, 3.63) is 0 Å². The molecular weight excluding hydrogens is 286 g/mol. The molecule has 0 aromatic heterocycles. The number of rotatable bonds is 5. The van der Waals surface area contributed by atoms with Crippen molar-refractivity contribution < 1.29 is 19.2 Å². The molecule has 7 heteroatoms. The summed E-state index contributed by atoms with van der Waals surface area (Å²) in [7, 11) is 2.95. The van der Waals surface area contributed by atoms with E-state index in [2.05, 4.69) is 10.6 Å². The molecule has 128 valence electrons. The Morgan fingerprint density at radius 3 is 2.55 bits per heavy atom. The predicted molar refractivity (Wildman–Crippen MR) is 83.2 cm³/mol. The quantitative estimate of drug-likeness (QED) is 0.750. The fourth-order valence-corrected chi connectivity index (χ4v) is 2.39. The first kappa shape index (κ1) is 18.7. The van der Waals surface area contributed by atoms with E-state index < -0.39 is 17.7 Å². The summed E-state index contributed by atoms with van der Waals surface area (Å²) < 4.78 is 5.24. The molecule has 1 unspecified atom stereocenters. The highest BCUT2D eigenvalue weighted by molar-refractivity contribution is 5.84. The molecule has 1 aliphatic heterocycles. The van der Waals surface area contributed by atoms with E-state index in [1.165, 1.54) is 14.2 Å². The summed E-state index contributed by atoms with van der Waals surface area (Å²) >= 11 is 0. The molecule has 1 heterocycles. The number of hydrogen-bond acceptors (Lipinski definition) is 5. The van der Waals surface area contributed by atoms with E-state index in [1.54, 1.807) is 20.8 Å². The molecule has 0 saturated carbocycles. The number of likely N-dealkylation sites (N-methyl/N-ethyl adjacent to an activating group) is 1. The van der Waals surface area contributed by atoms with Gasteiger partial charge in [0, 0.05) is 13.1 Å². The largest absolute Gasteiger partial charge is 0.444 e. The topological polar surface area (TPSA) is 79.9 Å². The fraction of sp³-hybridized carbons (Fsp3) is 0.867. The summed E-state index contributed by atoms with van der Waals surface area (Å²) in [6.45, 7) is 6.30. The minimum absolute atomic E-state index is 0.211. The van der Waals surface area contributed by atoms with Gasteiger partial charge in [-0.1, -0.05) is 6.42 Å². The highest BCUT2D eigenvalue weighted by Gasteiger charge is 2.29. The van der Waals surface area contributed by atoms with Crippen LogP contribution in [-0.2, 0) is 14.4 Å². The van der Waals surface area contributed by atoms with E-state index in [1.807, 2.05) is 0 Å². The molecule has 2 N–H and O–H groups in total. The van der Waals surface area contributed by atoms with Crippen molar-refractivity contribution in [3.8, 4) is 0 Å². The summed E-state index contributed by atoms with van der Waals surface area (Å²) in [4.78, 5) is 29.2. The van der Waals surface area contributed by atoms with E-state index in [4.69, 9.17) is 9.57 Å². The smallest absolute Gasteiger partial charge is 0.408 e. The zero-order valence-electron chi connectivity index (χ0n) is 14.3. The third-order valence-electron chi connectivity index (χ3n) is 3.51. The maximum atomic E-state index is 12.4. The lowest BCUT2D eigenvalue weighted by molar-refractivity contribution is -0.171. The van der Waals surface area contributed by atoms with Gasteiger partial charge in [0.2, 0.25) is 0 Å². The van der Waals surface area contributed by atoms with Gasteiger partial charge >= 0.3 is 6.09 Å². The average Bonchev–Trinajstić information content (AvgIpc) is 2.44. The van der Waals surface area contributed by atoms with Crippen LogP contribution in [0.15, 0.2) is 0 Å². The second kappa shape index (κ2) is 8.33. The first-order valence-electron chi connectivity index (χ1n) is 7.77. The average molecular weight is 315 g/mol. The maximum Gasteiger partial charge on any atom is 0.408 e. The van der Waals surface area contributed by atoms with Crippen LogP contribution in [0.1, 0.15) is 46.5 Å². The zero-order chi connectivity index (χ0) is 16.8. The van der Waals surface area contributed by atoms with Gasteiger partial charge in [-0.05, 0) is 46.6 Å². The molecular formula is C15H29N3O4. The lowest BCUT2D eigenvalue weighted by atomic mass is 9.97. The lowest BCUT2D eigenvalue weighted by Crippen LogP contribution is -2.51. The SMILES string of the molecule is CON(C)C(=O)[C@H](CC1CCCCN1)NC(=O)OC(C)(C)C. The number of nitrogens with one attached hydrogen (secondary N) is 2. The standard InChI is InChI=1S/C15H29N3O4/c1-15(2,3)22-14(20)17-12(13(19)18(4)21-5)10-11-8-6-7-9-16-11/h11-12,16H,6-10H2,1-5H3,(H,17,20)/t11?,12-/m0/s1. The minimum Gasteiger partial charge on any atom is -0.444 e. The van der Waals surface area contributed by atoms with Crippen molar-refractivity contribution in [1.29, 1.82) is 0 Å². The number of carbonyl (C=O) groups is 2. The maximum absolute atomic E-state index is 12.4. The Labute approximate surface area is 132 Å². The number of carbonyl (C=O) groups excluding carboxylic acids is 2. The van der Waals surface area contributed by atoms with Gasteiger partial charge in [-0.25, -0.2) is 9.86 Å². The molecule has 0 radical (unpaired) electrons. The van der Waals surface area contributed by atoms with Gasteiger partial charge in [-0.3, -0.25) is 9.63 Å². The highest BCUT2D eigenvalue weighted by Crippen LogP contribution is 2.14. The first-order valence-corrected chi connectivity index (χ1v) is 7.77. The molecule has 1 saturated heterocycles. The first-order chi connectivity index (χ1) is 10.2. The van der Waals surface area contributed by atoms with E-state index >= 15 is 0 Å². The van der Waals surface area contributed by atoms with Gasteiger partial charge in [0.05, 0.1) is 7.11 Å². The van der Waals surface area contributed by atoms with E-state index in [0.29, 0.717) is 6.42 Å². The van der Waals surface area contributed by atoms with E-state index in [-0.39, 0.29) is 11.9 Å². The van der Waals surface area contributed by atoms with Crippen LogP contribution in [0.3, 0.4) is 0 Å². The van der Waals surface area contributed by atoms with Crippen LogP contribution in [0.5, 0.6) is 0 Å². The number of nitrogens with zero attached hydrogens (tertiary/aromatic N) is 1. The van der Waals surface area contributed by atoms with Crippen molar-refractivity contribution in [2.45, 2.75) is 64.1 Å². The molecule has 2 amide bonds. The number of piperidine rings is 1. The number of hydrogen-bond donors (Lipinski definition) is 2. The fourth-order valence-electron chi connectivity index (χ4n) is 2.39. The van der Waals surface area contributed by atoms with Crippen LogP contribution >= 0.6 is 0 Å². The van der Waals surface area contributed by atoms with Crippen LogP contribution in [0.4, 0.5) is 4.79 Å². The molecule has 1 aliphatic rings. The molecule has 0 aliphatic carbocycles. The summed E-state index contributed by atoms with van der Waals surface area (Å²) in [5, 5.41) is 7.17. The Bertz CT molecular complexity index is 375. The second-order valence-electron chi connectivity index (χ2n) is 6.60. The number of amides is 2. The van der Waals surface area contributed by atoms with Crippen LogP contribution in [-0.4, -0.2) is 55.5 Å². The van der Waals surface area contributed by atoms with Gasteiger partial charge in [-0.15, -0.1) is 0 Å².